The minimum atomic E-state index is 0.310. The van der Waals surface area contributed by atoms with Crippen molar-refractivity contribution < 1.29 is 9.53 Å². The van der Waals surface area contributed by atoms with Gasteiger partial charge in [-0.25, -0.2) is 0 Å². The zero-order valence-electron chi connectivity index (χ0n) is 12.5. The number of benzene rings is 2. The fraction of sp³-hybridized carbons (Fsp3) is 0.316. The molecule has 0 fully saturated rings. The molecule has 0 amide bonds. The van der Waals surface area contributed by atoms with E-state index in [9.17, 15) is 4.79 Å². The number of hydrogen-bond donors (Lipinski definition) is 0. The average Bonchev–Trinajstić information content (AvgIpc) is 2.53. The van der Waals surface area contributed by atoms with E-state index in [1.165, 1.54) is 5.56 Å². The Morgan fingerprint density at radius 1 is 0.905 bits per heavy atom. The number of para-hydroxylation sites is 1. The van der Waals surface area contributed by atoms with Crippen LogP contribution in [0.5, 0.6) is 5.75 Å². The van der Waals surface area contributed by atoms with Gasteiger partial charge in [-0.1, -0.05) is 48.5 Å². The van der Waals surface area contributed by atoms with Crippen LogP contribution < -0.4 is 4.74 Å². The first-order valence-corrected chi connectivity index (χ1v) is 7.56. The van der Waals surface area contributed by atoms with E-state index >= 15 is 0 Å². The van der Waals surface area contributed by atoms with Gasteiger partial charge in [0.1, 0.15) is 11.5 Å². The topological polar surface area (TPSA) is 26.3 Å². The molecule has 0 N–H and O–H groups in total. The highest BCUT2D eigenvalue weighted by Gasteiger charge is 2.07. The van der Waals surface area contributed by atoms with Gasteiger partial charge in [0, 0.05) is 12.8 Å². The molecular weight excluding hydrogens is 260 g/mol. The molecule has 0 atom stereocenters. The van der Waals surface area contributed by atoms with Crippen molar-refractivity contribution >= 4 is 5.78 Å². The van der Waals surface area contributed by atoms with E-state index in [1.807, 2.05) is 49.4 Å². The van der Waals surface area contributed by atoms with Crippen molar-refractivity contribution in [2.75, 3.05) is 6.61 Å². The molecule has 2 aromatic carbocycles. The van der Waals surface area contributed by atoms with Crippen molar-refractivity contribution in [3.63, 3.8) is 0 Å². The molecule has 0 spiro atoms. The van der Waals surface area contributed by atoms with Crippen LogP contribution in [0.15, 0.2) is 54.6 Å². The molecule has 0 heterocycles. The first kappa shape index (κ1) is 15.3. The number of ether oxygens (including phenoxy) is 1. The molecule has 2 rings (SSSR count). The van der Waals surface area contributed by atoms with Gasteiger partial charge in [0.05, 0.1) is 6.61 Å². The fourth-order valence-electron chi connectivity index (χ4n) is 2.33. The summed E-state index contributed by atoms with van der Waals surface area (Å²) < 4.78 is 5.59. The maximum Gasteiger partial charge on any atom is 0.133 e. The van der Waals surface area contributed by atoms with Crippen LogP contribution >= 0.6 is 0 Å². The predicted octanol–water partition coefficient (Wildman–Crippen LogP) is 4.22. The fourth-order valence-corrected chi connectivity index (χ4v) is 2.33. The molecule has 0 aliphatic carbocycles. The van der Waals surface area contributed by atoms with E-state index < -0.39 is 0 Å². The van der Waals surface area contributed by atoms with Crippen molar-refractivity contribution in [3.05, 3.63) is 65.7 Å². The quantitative estimate of drug-likeness (QED) is 0.724. The van der Waals surface area contributed by atoms with Gasteiger partial charge < -0.3 is 4.74 Å². The normalized spacial score (nSPS) is 10.3. The number of hydrogen-bond acceptors (Lipinski definition) is 2. The molecule has 0 saturated heterocycles. The predicted molar refractivity (Wildman–Crippen MR) is 85.7 cm³/mol. The van der Waals surface area contributed by atoms with Gasteiger partial charge in [-0.15, -0.1) is 0 Å². The lowest BCUT2D eigenvalue weighted by Crippen LogP contribution is -2.03. The molecule has 2 heteroatoms. The zero-order valence-corrected chi connectivity index (χ0v) is 12.5. The third-order valence-electron chi connectivity index (χ3n) is 3.48. The highest BCUT2D eigenvalue weighted by atomic mass is 16.5. The van der Waals surface area contributed by atoms with Crippen molar-refractivity contribution in [2.24, 2.45) is 0 Å². The lowest BCUT2D eigenvalue weighted by molar-refractivity contribution is -0.119. The average molecular weight is 282 g/mol. The maximum absolute atomic E-state index is 12.0. The van der Waals surface area contributed by atoms with Gasteiger partial charge in [-0.05, 0) is 37.0 Å². The van der Waals surface area contributed by atoms with Gasteiger partial charge in [0.15, 0.2) is 0 Å². The van der Waals surface area contributed by atoms with Gasteiger partial charge in [-0.3, -0.25) is 4.79 Å². The Kier molecular flexibility index (Phi) is 6.01. The second kappa shape index (κ2) is 8.25. The Morgan fingerprint density at radius 2 is 1.57 bits per heavy atom. The van der Waals surface area contributed by atoms with Crippen LogP contribution in [-0.4, -0.2) is 12.4 Å². The zero-order chi connectivity index (χ0) is 14.9. The monoisotopic (exact) mass is 282 g/mol. The second-order valence-electron chi connectivity index (χ2n) is 5.07. The number of carbonyl (C=O) groups is 1. The molecule has 2 nitrogen and oxygen atoms in total. The Balaban J connectivity index is 1.81. The van der Waals surface area contributed by atoms with Crippen LogP contribution in [0.3, 0.4) is 0 Å². The van der Waals surface area contributed by atoms with Gasteiger partial charge >= 0.3 is 0 Å². The first-order valence-electron chi connectivity index (χ1n) is 7.56. The van der Waals surface area contributed by atoms with Gasteiger partial charge in [0.2, 0.25) is 0 Å². The number of aryl methyl sites for hydroxylation is 2. The minimum Gasteiger partial charge on any atom is -0.494 e. The van der Waals surface area contributed by atoms with Gasteiger partial charge in [-0.2, -0.15) is 0 Å². The summed E-state index contributed by atoms with van der Waals surface area (Å²) in [7, 11) is 0. The highest BCUT2D eigenvalue weighted by molar-refractivity contribution is 5.79. The van der Waals surface area contributed by atoms with E-state index in [0.717, 1.165) is 24.2 Å². The van der Waals surface area contributed by atoms with E-state index in [2.05, 4.69) is 12.1 Å². The maximum atomic E-state index is 12.0. The molecule has 2 aromatic rings. The largest absolute Gasteiger partial charge is 0.494 e. The van der Waals surface area contributed by atoms with Crippen molar-refractivity contribution in [1.29, 1.82) is 0 Å². The molecule has 110 valence electrons. The van der Waals surface area contributed by atoms with E-state index in [4.69, 9.17) is 4.74 Å². The Hall–Kier alpha value is -2.09. The molecule has 0 aromatic heterocycles. The van der Waals surface area contributed by atoms with Crippen LogP contribution in [0.4, 0.5) is 0 Å². The van der Waals surface area contributed by atoms with Crippen LogP contribution in [0.1, 0.15) is 30.9 Å². The van der Waals surface area contributed by atoms with E-state index in [0.29, 0.717) is 25.2 Å². The number of Topliss-reactive ketones (excluding diaryl/α,β-unsaturated/α-hetero) is 1. The molecule has 21 heavy (non-hydrogen) atoms. The summed E-state index contributed by atoms with van der Waals surface area (Å²) in [5.74, 6) is 1.21. The number of ketones is 1. The third kappa shape index (κ3) is 5.07. The first-order chi connectivity index (χ1) is 10.3. The number of carbonyl (C=O) groups excluding carboxylic acids is 1. The summed E-state index contributed by atoms with van der Waals surface area (Å²) in [6, 6.07) is 18.1. The smallest absolute Gasteiger partial charge is 0.133 e. The molecule has 0 saturated carbocycles. The number of rotatable bonds is 8. The highest BCUT2D eigenvalue weighted by Crippen LogP contribution is 2.20. The van der Waals surface area contributed by atoms with Crippen LogP contribution in [-0.2, 0) is 17.6 Å². The molecule has 0 unspecified atom stereocenters. The Labute approximate surface area is 126 Å². The Bertz CT molecular complexity index is 561. The minimum absolute atomic E-state index is 0.310. The summed E-state index contributed by atoms with van der Waals surface area (Å²) in [5.41, 5.74) is 2.34. The van der Waals surface area contributed by atoms with Crippen LogP contribution in [0.2, 0.25) is 0 Å². The summed E-state index contributed by atoms with van der Waals surface area (Å²) >= 11 is 0. The lowest BCUT2D eigenvalue weighted by Gasteiger charge is -2.09. The summed E-state index contributed by atoms with van der Waals surface area (Å²) in [6.45, 7) is 2.63. The molecule has 0 bridgehead atoms. The van der Waals surface area contributed by atoms with Crippen LogP contribution in [0.25, 0.3) is 0 Å². The molecule has 0 aliphatic rings. The summed E-state index contributed by atoms with van der Waals surface area (Å²) in [4.78, 5) is 12.0. The van der Waals surface area contributed by atoms with Crippen LogP contribution in [0, 0.1) is 0 Å². The third-order valence-corrected chi connectivity index (χ3v) is 3.48. The standard InChI is InChI=1S/C19H22O2/c1-2-21-19-11-7-6-10-17(19)13-15-18(20)14-12-16-8-4-3-5-9-16/h3-11H,2,12-15H2,1H3. The second-order valence-corrected chi connectivity index (χ2v) is 5.07. The Morgan fingerprint density at radius 3 is 2.33 bits per heavy atom. The summed E-state index contributed by atoms with van der Waals surface area (Å²) in [6.07, 6.45) is 2.77. The SMILES string of the molecule is CCOc1ccccc1CCC(=O)CCc1ccccc1. The van der Waals surface area contributed by atoms with Crippen molar-refractivity contribution in [3.8, 4) is 5.75 Å². The van der Waals surface area contributed by atoms with Gasteiger partial charge in [0.25, 0.3) is 0 Å². The summed E-state index contributed by atoms with van der Waals surface area (Å²) in [5, 5.41) is 0. The van der Waals surface area contributed by atoms with E-state index in [1.54, 1.807) is 0 Å². The molecular formula is C19H22O2. The molecule has 0 radical (unpaired) electrons. The van der Waals surface area contributed by atoms with E-state index in [-0.39, 0.29) is 0 Å². The molecule has 0 aliphatic heterocycles. The van der Waals surface area contributed by atoms with Crippen molar-refractivity contribution in [2.45, 2.75) is 32.6 Å². The van der Waals surface area contributed by atoms with Crippen molar-refractivity contribution in [1.82, 2.24) is 0 Å². The lowest BCUT2D eigenvalue weighted by atomic mass is 10.0.